The van der Waals surface area contributed by atoms with E-state index in [2.05, 4.69) is 26.8 Å². The summed E-state index contributed by atoms with van der Waals surface area (Å²) in [4.78, 5) is 10.6. The lowest BCUT2D eigenvalue weighted by molar-refractivity contribution is 0.459. The average Bonchev–Trinajstić information content (AvgIpc) is 2.65. The van der Waals surface area contributed by atoms with Gasteiger partial charge in [-0.25, -0.2) is 9.37 Å². The number of nitrogens with one attached hydrogen (secondary N) is 1. The summed E-state index contributed by atoms with van der Waals surface area (Å²) in [7, 11) is 3.77. The van der Waals surface area contributed by atoms with Gasteiger partial charge in [-0.2, -0.15) is 0 Å². The normalized spacial score (nSPS) is 11.1. The van der Waals surface area contributed by atoms with E-state index >= 15 is 0 Å². The summed E-state index contributed by atoms with van der Waals surface area (Å²) in [6.07, 6.45) is 5.62. The van der Waals surface area contributed by atoms with Gasteiger partial charge < -0.3 is 15.0 Å². The molecule has 0 atom stereocenters. The van der Waals surface area contributed by atoms with E-state index in [-0.39, 0.29) is 5.82 Å². The van der Waals surface area contributed by atoms with Crippen molar-refractivity contribution in [2.24, 2.45) is 4.99 Å². The van der Waals surface area contributed by atoms with E-state index in [4.69, 9.17) is 4.74 Å². The number of hydrogen-bond donors (Lipinski definition) is 1. The monoisotopic (exact) mass is 356 g/mol. The Bertz CT molecular complexity index is 731. The maximum atomic E-state index is 13.0. The molecule has 0 aliphatic rings. The Labute approximate surface area is 154 Å². The third kappa shape index (κ3) is 6.20. The molecular formula is C20H25FN4O. The summed E-state index contributed by atoms with van der Waals surface area (Å²) < 4.78 is 18.6. The highest BCUT2D eigenvalue weighted by atomic mass is 19.1. The molecule has 6 heteroatoms. The largest absolute Gasteiger partial charge is 0.439 e. The van der Waals surface area contributed by atoms with Crippen LogP contribution in [0.4, 0.5) is 4.39 Å². The number of allylic oxidation sites excluding steroid dienone is 1. The van der Waals surface area contributed by atoms with Crippen LogP contribution in [-0.2, 0) is 6.54 Å². The molecule has 0 aliphatic heterocycles. The summed E-state index contributed by atoms with van der Waals surface area (Å²) in [6.45, 7) is 5.24. The molecule has 0 saturated heterocycles. The van der Waals surface area contributed by atoms with E-state index < -0.39 is 0 Å². The third-order valence-corrected chi connectivity index (χ3v) is 3.76. The lowest BCUT2D eigenvalue weighted by Gasteiger charge is -2.22. The molecule has 1 aromatic carbocycles. The van der Waals surface area contributed by atoms with Crippen LogP contribution in [0.1, 0.15) is 18.4 Å². The first kappa shape index (κ1) is 19.4. The fourth-order valence-corrected chi connectivity index (χ4v) is 2.38. The number of ether oxygens (including phenoxy) is 1. The quantitative estimate of drug-likeness (QED) is 0.336. The predicted octanol–water partition coefficient (Wildman–Crippen LogP) is 3.99. The average molecular weight is 356 g/mol. The Morgan fingerprint density at radius 2 is 2.12 bits per heavy atom. The van der Waals surface area contributed by atoms with Gasteiger partial charge in [0, 0.05) is 39.4 Å². The van der Waals surface area contributed by atoms with Gasteiger partial charge in [0.2, 0.25) is 5.88 Å². The van der Waals surface area contributed by atoms with Crippen molar-refractivity contribution >= 4 is 5.96 Å². The van der Waals surface area contributed by atoms with E-state index in [9.17, 15) is 4.39 Å². The van der Waals surface area contributed by atoms with Crippen LogP contribution in [0.25, 0.3) is 0 Å². The fourth-order valence-electron chi connectivity index (χ4n) is 2.38. The number of pyridine rings is 1. The number of benzene rings is 1. The SMILES string of the molecule is C=CCCCN(C)C(=NC)NCc1ccnc(Oc2ccc(F)cc2)c1. The second-order valence-corrected chi connectivity index (χ2v) is 5.81. The molecule has 2 rings (SSSR count). The molecule has 0 bridgehead atoms. The van der Waals surface area contributed by atoms with E-state index in [1.165, 1.54) is 12.1 Å². The molecule has 26 heavy (non-hydrogen) atoms. The Balaban J connectivity index is 1.92. The van der Waals surface area contributed by atoms with E-state index in [1.54, 1.807) is 25.4 Å². The number of nitrogens with zero attached hydrogens (tertiary/aromatic N) is 3. The summed E-state index contributed by atoms with van der Waals surface area (Å²) >= 11 is 0. The topological polar surface area (TPSA) is 49.8 Å². The number of halogens is 1. The summed E-state index contributed by atoms with van der Waals surface area (Å²) in [5.74, 6) is 1.53. The smallest absolute Gasteiger partial charge is 0.219 e. The molecule has 1 heterocycles. The molecule has 0 unspecified atom stereocenters. The molecule has 1 N–H and O–H groups in total. The minimum Gasteiger partial charge on any atom is -0.439 e. The maximum absolute atomic E-state index is 13.0. The number of rotatable bonds is 8. The molecule has 0 amide bonds. The van der Waals surface area contributed by atoms with Gasteiger partial charge in [0.1, 0.15) is 11.6 Å². The first-order valence-corrected chi connectivity index (χ1v) is 8.53. The van der Waals surface area contributed by atoms with E-state index in [0.29, 0.717) is 18.2 Å². The maximum Gasteiger partial charge on any atom is 0.219 e. The van der Waals surface area contributed by atoms with Gasteiger partial charge >= 0.3 is 0 Å². The second kappa shape index (κ2) is 10.2. The standard InChI is InChI=1S/C20H25FN4O/c1-4-5-6-13-25(3)20(22-2)24-15-16-11-12-23-19(14-16)26-18-9-7-17(21)8-10-18/h4,7-12,14H,1,5-6,13,15H2,2-3H3,(H,22,24). The summed E-state index contributed by atoms with van der Waals surface area (Å²) in [5.41, 5.74) is 1.01. The Hall–Kier alpha value is -2.89. The highest BCUT2D eigenvalue weighted by Gasteiger charge is 2.06. The van der Waals surface area contributed by atoms with E-state index in [0.717, 1.165) is 30.9 Å². The number of aliphatic imine (C=N–C) groups is 1. The van der Waals surface area contributed by atoms with Gasteiger partial charge in [0.05, 0.1) is 0 Å². The van der Waals surface area contributed by atoms with Crippen LogP contribution >= 0.6 is 0 Å². The molecule has 0 fully saturated rings. The zero-order valence-corrected chi connectivity index (χ0v) is 15.3. The molecular weight excluding hydrogens is 331 g/mol. The first-order chi connectivity index (χ1) is 12.6. The molecule has 1 aromatic heterocycles. The van der Waals surface area contributed by atoms with Crippen LogP contribution in [-0.4, -0.2) is 36.5 Å². The van der Waals surface area contributed by atoms with Gasteiger partial charge in [-0.05, 0) is 48.7 Å². The Kier molecular flexibility index (Phi) is 7.61. The first-order valence-electron chi connectivity index (χ1n) is 8.53. The number of unbranched alkanes of at least 4 members (excludes halogenated alkanes) is 1. The lowest BCUT2D eigenvalue weighted by atomic mass is 10.2. The molecule has 2 aromatic rings. The highest BCUT2D eigenvalue weighted by Crippen LogP contribution is 2.20. The van der Waals surface area contributed by atoms with Gasteiger partial charge in [0.25, 0.3) is 0 Å². The van der Waals surface area contributed by atoms with Crippen molar-refractivity contribution in [3.8, 4) is 11.6 Å². The highest BCUT2D eigenvalue weighted by molar-refractivity contribution is 5.79. The minimum atomic E-state index is -0.299. The summed E-state index contributed by atoms with van der Waals surface area (Å²) in [5, 5.41) is 3.33. The fraction of sp³-hybridized carbons (Fsp3) is 0.300. The van der Waals surface area contributed by atoms with Crippen LogP contribution in [0, 0.1) is 5.82 Å². The van der Waals surface area contributed by atoms with Crippen LogP contribution in [0.2, 0.25) is 0 Å². The van der Waals surface area contributed by atoms with Gasteiger partial charge in [-0.3, -0.25) is 4.99 Å². The zero-order chi connectivity index (χ0) is 18.8. The lowest BCUT2D eigenvalue weighted by Crippen LogP contribution is -2.38. The molecule has 138 valence electrons. The van der Waals surface area contributed by atoms with Crippen molar-refractivity contribution in [2.45, 2.75) is 19.4 Å². The van der Waals surface area contributed by atoms with Crippen LogP contribution in [0.5, 0.6) is 11.6 Å². The van der Waals surface area contributed by atoms with Crippen molar-refractivity contribution in [3.05, 3.63) is 66.6 Å². The zero-order valence-electron chi connectivity index (χ0n) is 15.3. The van der Waals surface area contributed by atoms with Crippen molar-refractivity contribution in [1.82, 2.24) is 15.2 Å². The van der Waals surface area contributed by atoms with Crippen molar-refractivity contribution in [2.75, 3.05) is 20.6 Å². The van der Waals surface area contributed by atoms with Gasteiger partial charge in [0.15, 0.2) is 5.96 Å². The van der Waals surface area contributed by atoms with Gasteiger partial charge in [-0.1, -0.05) is 6.08 Å². The third-order valence-electron chi connectivity index (χ3n) is 3.76. The van der Waals surface area contributed by atoms with Gasteiger partial charge in [-0.15, -0.1) is 6.58 Å². The van der Waals surface area contributed by atoms with Crippen molar-refractivity contribution < 1.29 is 9.13 Å². The Morgan fingerprint density at radius 1 is 1.35 bits per heavy atom. The number of guanidine groups is 1. The van der Waals surface area contributed by atoms with Crippen LogP contribution < -0.4 is 10.1 Å². The predicted molar refractivity (Wildman–Crippen MR) is 103 cm³/mol. The molecule has 0 spiro atoms. The number of hydrogen-bond acceptors (Lipinski definition) is 3. The second-order valence-electron chi connectivity index (χ2n) is 5.81. The molecule has 0 aliphatic carbocycles. The molecule has 0 saturated carbocycles. The van der Waals surface area contributed by atoms with E-state index in [1.807, 2.05) is 25.3 Å². The van der Waals surface area contributed by atoms with Crippen molar-refractivity contribution in [3.63, 3.8) is 0 Å². The minimum absolute atomic E-state index is 0.299. The molecule has 5 nitrogen and oxygen atoms in total. The molecule has 0 radical (unpaired) electrons. The van der Waals surface area contributed by atoms with Crippen LogP contribution in [0.3, 0.4) is 0 Å². The summed E-state index contributed by atoms with van der Waals surface area (Å²) in [6, 6.07) is 9.61. The van der Waals surface area contributed by atoms with Crippen molar-refractivity contribution in [1.29, 1.82) is 0 Å². The number of aromatic nitrogens is 1. The Morgan fingerprint density at radius 3 is 2.81 bits per heavy atom. The van der Waals surface area contributed by atoms with Crippen LogP contribution in [0.15, 0.2) is 60.2 Å².